The maximum atomic E-state index is 11.4. The number of rotatable bonds is 7. The highest BCUT2D eigenvalue weighted by molar-refractivity contribution is 5.97. The first-order valence-electron chi connectivity index (χ1n) is 7.15. The summed E-state index contributed by atoms with van der Waals surface area (Å²) in [7, 11) is 0. The molecule has 0 saturated heterocycles. The van der Waals surface area contributed by atoms with E-state index in [2.05, 4.69) is 19.2 Å². The molecule has 1 atom stereocenters. The Morgan fingerprint density at radius 2 is 2.14 bits per heavy atom. The van der Waals surface area contributed by atoms with E-state index in [0.717, 1.165) is 5.39 Å². The molecule has 2 aromatic rings. The number of Topliss-reactive ketones (excluding diaryl/α,β-unsaturated/α-hetero) is 1. The first-order valence-corrected chi connectivity index (χ1v) is 7.15. The lowest BCUT2D eigenvalue weighted by atomic mass is 10.2. The van der Waals surface area contributed by atoms with Gasteiger partial charge in [-0.1, -0.05) is 12.1 Å². The van der Waals surface area contributed by atoms with Gasteiger partial charge in [-0.05, 0) is 26.0 Å². The van der Waals surface area contributed by atoms with E-state index in [4.69, 9.17) is 9.15 Å². The molecular weight excluding hydrogens is 306 g/mol. The van der Waals surface area contributed by atoms with Crippen molar-refractivity contribution in [3.63, 3.8) is 0 Å². The van der Waals surface area contributed by atoms with E-state index in [1.807, 2.05) is 12.1 Å². The minimum atomic E-state index is -0.551. The number of quaternary nitrogens is 1. The highest BCUT2D eigenvalue weighted by Crippen LogP contribution is 2.28. The topological polar surface area (TPSA) is 76.3 Å². The molecule has 22 heavy (non-hydrogen) atoms. The van der Waals surface area contributed by atoms with Crippen LogP contribution in [-0.2, 0) is 0 Å². The molecule has 0 radical (unpaired) electrons. The summed E-state index contributed by atoms with van der Waals surface area (Å²) in [6, 6.07) is 7.61. The summed E-state index contributed by atoms with van der Waals surface area (Å²) in [5.41, 5.74) is 0.544. The van der Waals surface area contributed by atoms with Crippen LogP contribution in [0.3, 0.4) is 0 Å². The zero-order chi connectivity index (χ0) is 15.4. The summed E-state index contributed by atoms with van der Waals surface area (Å²) in [6.45, 7) is 6.38. The van der Waals surface area contributed by atoms with Gasteiger partial charge in [-0.25, -0.2) is 0 Å². The molecule has 3 N–H and O–H groups in total. The zero-order valence-electron chi connectivity index (χ0n) is 13.0. The molecule has 0 amide bonds. The molecule has 2 rings (SSSR count). The summed E-state index contributed by atoms with van der Waals surface area (Å²) < 4.78 is 11.2. The van der Waals surface area contributed by atoms with Gasteiger partial charge >= 0.3 is 0 Å². The highest BCUT2D eigenvalue weighted by atomic mass is 35.5. The fourth-order valence-electron chi connectivity index (χ4n) is 2.01. The SMILES string of the molecule is CC(=O)c1cc2cccc(OCC(O)C[NH2+]C(C)C)c2o1.[Cl-]. The lowest BCUT2D eigenvalue weighted by Gasteiger charge is -2.12. The number of hydrogen-bond acceptors (Lipinski definition) is 4. The number of ether oxygens (including phenoxy) is 1. The third-order valence-corrected chi connectivity index (χ3v) is 3.17. The second kappa shape index (κ2) is 8.17. The molecule has 0 aliphatic carbocycles. The van der Waals surface area contributed by atoms with Crippen LogP contribution in [0, 0.1) is 0 Å². The van der Waals surface area contributed by atoms with Gasteiger partial charge in [0.05, 0.1) is 6.04 Å². The van der Waals surface area contributed by atoms with Crippen molar-refractivity contribution < 1.29 is 36.8 Å². The largest absolute Gasteiger partial charge is 1.00 e. The van der Waals surface area contributed by atoms with Crippen LogP contribution in [0.25, 0.3) is 11.0 Å². The molecule has 1 aromatic heterocycles. The van der Waals surface area contributed by atoms with E-state index >= 15 is 0 Å². The van der Waals surface area contributed by atoms with Crippen molar-refractivity contribution in [1.29, 1.82) is 0 Å². The first kappa shape index (κ1) is 18.5. The van der Waals surface area contributed by atoms with Gasteiger partial charge in [0.15, 0.2) is 22.9 Å². The van der Waals surface area contributed by atoms with Gasteiger partial charge in [0.1, 0.15) is 19.3 Å². The quantitative estimate of drug-likeness (QED) is 0.598. The Kier molecular flexibility index (Phi) is 6.87. The smallest absolute Gasteiger partial charge is 0.194 e. The number of hydrogen-bond donors (Lipinski definition) is 2. The molecule has 5 nitrogen and oxygen atoms in total. The Morgan fingerprint density at radius 1 is 1.41 bits per heavy atom. The van der Waals surface area contributed by atoms with Crippen molar-refractivity contribution in [1.82, 2.24) is 0 Å². The van der Waals surface area contributed by atoms with E-state index in [0.29, 0.717) is 29.7 Å². The van der Waals surface area contributed by atoms with E-state index in [1.54, 1.807) is 12.1 Å². The molecule has 0 spiro atoms. The Labute approximate surface area is 136 Å². The van der Waals surface area contributed by atoms with Crippen LogP contribution >= 0.6 is 0 Å². The minimum absolute atomic E-state index is 0. The number of ketones is 1. The van der Waals surface area contributed by atoms with Gasteiger partial charge in [-0.2, -0.15) is 0 Å². The Balaban J connectivity index is 0.00000242. The van der Waals surface area contributed by atoms with Gasteiger partial charge in [0, 0.05) is 12.3 Å². The lowest BCUT2D eigenvalue weighted by Crippen LogP contribution is -3.00. The molecule has 6 heteroatoms. The van der Waals surface area contributed by atoms with Crippen molar-refractivity contribution >= 4 is 16.8 Å². The summed E-state index contributed by atoms with van der Waals surface area (Å²) in [6.07, 6.45) is -0.551. The van der Waals surface area contributed by atoms with E-state index in [9.17, 15) is 9.90 Å². The third-order valence-electron chi connectivity index (χ3n) is 3.17. The van der Waals surface area contributed by atoms with Crippen LogP contribution in [0.5, 0.6) is 5.75 Å². The predicted octanol–water partition coefficient (Wildman–Crippen LogP) is -1.65. The van der Waals surface area contributed by atoms with Crippen molar-refractivity contribution in [2.24, 2.45) is 0 Å². The molecule has 0 bridgehead atoms. The molecule has 0 aliphatic heterocycles. The monoisotopic (exact) mass is 327 g/mol. The normalized spacial score (nSPS) is 12.2. The Hall–Kier alpha value is -1.56. The third kappa shape index (κ3) is 4.73. The fourth-order valence-corrected chi connectivity index (χ4v) is 2.01. The molecule has 1 aromatic carbocycles. The van der Waals surface area contributed by atoms with Crippen LogP contribution in [0.1, 0.15) is 31.3 Å². The van der Waals surface area contributed by atoms with Crippen molar-refractivity contribution in [2.45, 2.75) is 32.9 Å². The van der Waals surface area contributed by atoms with Crippen molar-refractivity contribution in [3.05, 3.63) is 30.0 Å². The van der Waals surface area contributed by atoms with E-state index in [1.165, 1.54) is 6.92 Å². The van der Waals surface area contributed by atoms with Crippen LogP contribution in [0.2, 0.25) is 0 Å². The molecule has 0 saturated carbocycles. The minimum Gasteiger partial charge on any atom is -1.00 e. The average Bonchev–Trinajstić information content (AvgIpc) is 2.87. The zero-order valence-corrected chi connectivity index (χ0v) is 13.8. The Bertz CT molecular complexity index is 624. The Morgan fingerprint density at radius 3 is 2.77 bits per heavy atom. The highest BCUT2D eigenvalue weighted by Gasteiger charge is 2.14. The maximum Gasteiger partial charge on any atom is 0.194 e. The van der Waals surface area contributed by atoms with Crippen LogP contribution in [-0.4, -0.2) is 36.2 Å². The van der Waals surface area contributed by atoms with Crippen molar-refractivity contribution in [3.8, 4) is 5.75 Å². The van der Waals surface area contributed by atoms with Crippen molar-refractivity contribution in [2.75, 3.05) is 13.2 Å². The van der Waals surface area contributed by atoms with Crippen LogP contribution < -0.4 is 22.5 Å². The molecule has 1 unspecified atom stereocenters. The van der Waals surface area contributed by atoms with Crippen LogP contribution in [0.4, 0.5) is 0 Å². The van der Waals surface area contributed by atoms with Gasteiger partial charge in [-0.3, -0.25) is 4.79 Å². The lowest BCUT2D eigenvalue weighted by molar-refractivity contribution is -0.688. The number of aliphatic hydroxyl groups is 1. The standard InChI is InChI=1S/C16H21NO4.ClH/c1-10(2)17-8-13(19)9-20-14-6-4-5-12-7-15(11(3)18)21-16(12)14;/h4-7,10,13,17,19H,8-9H2,1-3H3;1H. The molecule has 0 aliphatic rings. The predicted molar refractivity (Wildman–Crippen MR) is 79.6 cm³/mol. The molecule has 1 heterocycles. The maximum absolute atomic E-state index is 11.4. The van der Waals surface area contributed by atoms with Gasteiger partial charge < -0.3 is 32.0 Å². The second-order valence-electron chi connectivity index (χ2n) is 5.52. The first-order chi connectivity index (χ1) is 9.97. The number of furan rings is 1. The summed E-state index contributed by atoms with van der Waals surface area (Å²) >= 11 is 0. The fraction of sp³-hybridized carbons (Fsp3) is 0.438. The summed E-state index contributed by atoms with van der Waals surface area (Å²) in [4.78, 5) is 11.4. The summed E-state index contributed by atoms with van der Waals surface area (Å²) in [5.74, 6) is 0.738. The second-order valence-corrected chi connectivity index (χ2v) is 5.52. The number of fused-ring (bicyclic) bond motifs is 1. The van der Waals surface area contributed by atoms with Crippen LogP contribution in [0.15, 0.2) is 28.7 Å². The van der Waals surface area contributed by atoms with E-state index in [-0.39, 0.29) is 24.8 Å². The molecular formula is C16H22ClNO4. The molecule has 0 fully saturated rings. The molecule has 122 valence electrons. The number of nitrogens with two attached hydrogens (primary N) is 1. The number of benzene rings is 1. The average molecular weight is 328 g/mol. The number of halogens is 1. The van der Waals surface area contributed by atoms with Gasteiger partial charge in [0.2, 0.25) is 0 Å². The van der Waals surface area contributed by atoms with Gasteiger partial charge in [-0.15, -0.1) is 0 Å². The van der Waals surface area contributed by atoms with E-state index < -0.39 is 6.10 Å². The number of aliphatic hydroxyl groups excluding tert-OH is 1. The summed E-state index contributed by atoms with van der Waals surface area (Å²) in [5, 5.41) is 12.8. The van der Waals surface area contributed by atoms with Gasteiger partial charge in [0.25, 0.3) is 0 Å². The number of para-hydroxylation sites is 1. The number of carbonyl (C=O) groups excluding carboxylic acids is 1. The number of carbonyl (C=O) groups is 1.